The van der Waals surface area contributed by atoms with E-state index in [1.165, 1.54) is 12.1 Å². The number of nitrogens with zero attached hydrogens (tertiary/aromatic N) is 1. The van der Waals surface area contributed by atoms with Crippen molar-refractivity contribution >= 4 is 11.8 Å². The summed E-state index contributed by atoms with van der Waals surface area (Å²) in [5, 5.41) is 6.19. The summed E-state index contributed by atoms with van der Waals surface area (Å²) in [4.78, 5) is 27.3. The highest BCUT2D eigenvalue weighted by molar-refractivity contribution is 5.89. The predicted molar refractivity (Wildman–Crippen MR) is 98.3 cm³/mol. The van der Waals surface area contributed by atoms with E-state index in [0.29, 0.717) is 19.5 Å². The fourth-order valence-corrected chi connectivity index (χ4v) is 3.92. The van der Waals surface area contributed by atoms with Gasteiger partial charge in [0.1, 0.15) is 6.04 Å². The Morgan fingerprint density at radius 2 is 1.85 bits per heavy atom. The number of halogens is 2. The highest BCUT2D eigenvalue weighted by Crippen LogP contribution is 2.25. The number of carbonyl (C=O) groups excluding carboxylic acids is 2. The molecule has 0 unspecified atom stereocenters. The fourth-order valence-electron chi connectivity index (χ4n) is 3.92. The molecule has 2 heterocycles. The van der Waals surface area contributed by atoms with E-state index in [-0.39, 0.29) is 29.3 Å². The number of benzene rings is 1. The first kappa shape index (κ1) is 19.7. The smallest absolute Gasteiger partial charge is 0.263 e. The SMILES string of the molecule is C[C@@H](NC(=O)[C@H]1CCCN1C(=O)[C@H]1CCCNC1)c1ccc(C(F)F)cc1. The van der Waals surface area contributed by atoms with E-state index < -0.39 is 12.5 Å². The molecular weight excluding hydrogens is 352 g/mol. The first-order valence-electron chi connectivity index (χ1n) is 9.67. The van der Waals surface area contributed by atoms with Gasteiger partial charge in [-0.15, -0.1) is 0 Å². The van der Waals surface area contributed by atoms with Gasteiger partial charge in [0.05, 0.1) is 12.0 Å². The molecule has 0 spiro atoms. The van der Waals surface area contributed by atoms with Gasteiger partial charge in [-0.25, -0.2) is 8.78 Å². The average Bonchev–Trinajstić information content (AvgIpc) is 3.18. The van der Waals surface area contributed by atoms with Gasteiger partial charge in [-0.2, -0.15) is 0 Å². The molecule has 5 nitrogen and oxygen atoms in total. The van der Waals surface area contributed by atoms with Gasteiger partial charge in [0.15, 0.2) is 0 Å². The van der Waals surface area contributed by atoms with Crippen LogP contribution in [0.1, 0.15) is 56.2 Å². The Labute approximate surface area is 158 Å². The van der Waals surface area contributed by atoms with E-state index in [4.69, 9.17) is 0 Å². The van der Waals surface area contributed by atoms with Crippen molar-refractivity contribution in [3.05, 3.63) is 35.4 Å². The van der Waals surface area contributed by atoms with Crippen molar-refractivity contribution in [2.24, 2.45) is 5.92 Å². The lowest BCUT2D eigenvalue weighted by molar-refractivity contribution is -0.142. The van der Waals surface area contributed by atoms with Gasteiger partial charge in [0, 0.05) is 18.7 Å². The molecule has 2 fully saturated rings. The molecule has 1 aromatic carbocycles. The van der Waals surface area contributed by atoms with Crippen LogP contribution < -0.4 is 10.6 Å². The lowest BCUT2D eigenvalue weighted by Crippen LogP contribution is -2.50. The van der Waals surface area contributed by atoms with Crippen molar-refractivity contribution in [1.29, 1.82) is 0 Å². The number of likely N-dealkylation sites (tertiary alicyclic amines) is 1. The minimum Gasteiger partial charge on any atom is -0.348 e. The van der Waals surface area contributed by atoms with E-state index >= 15 is 0 Å². The molecule has 1 aromatic rings. The van der Waals surface area contributed by atoms with Crippen molar-refractivity contribution in [2.75, 3.05) is 19.6 Å². The van der Waals surface area contributed by atoms with E-state index in [1.807, 2.05) is 6.92 Å². The zero-order valence-electron chi connectivity index (χ0n) is 15.6. The number of rotatable bonds is 5. The van der Waals surface area contributed by atoms with Crippen LogP contribution in [-0.2, 0) is 9.59 Å². The molecule has 2 saturated heterocycles. The molecule has 3 atom stereocenters. The summed E-state index contributed by atoms with van der Waals surface area (Å²) < 4.78 is 25.3. The lowest BCUT2D eigenvalue weighted by Gasteiger charge is -2.31. The molecule has 2 amide bonds. The molecule has 0 bridgehead atoms. The highest BCUT2D eigenvalue weighted by atomic mass is 19.3. The topological polar surface area (TPSA) is 61.4 Å². The van der Waals surface area contributed by atoms with Gasteiger partial charge < -0.3 is 15.5 Å². The Balaban J connectivity index is 1.61. The van der Waals surface area contributed by atoms with Gasteiger partial charge >= 0.3 is 0 Å². The third-order valence-electron chi connectivity index (χ3n) is 5.53. The van der Waals surface area contributed by atoms with Crippen LogP contribution in [0.4, 0.5) is 8.78 Å². The number of carbonyl (C=O) groups is 2. The third kappa shape index (κ3) is 4.64. The maximum absolute atomic E-state index is 12.8. The lowest BCUT2D eigenvalue weighted by atomic mass is 9.97. The van der Waals surface area contributed by atoms with Crippen LogP contribution in [0.2, 0.25) is 0 Å². The summed E-state index contributed by atoms with van der Waals surface area (Å²) in [6.07, 6.45) is 0.822. The minimum atomic E-state index is -2.50. The van der Waals surface area contributed by atoms with Crippen LogP contribution >= 0.6 is 0 Å². The first-order chi connectivity index (χ1) is 13.0. The Morgan fingerprint density at radius 1 is 1.15 bits per heavy atom. The molecule has 148 valence electrons. The van der Waals surface area contributed by atoms with Crippen molar-refractivity contribution in [3.63, 3.8) is 0 Å². The molecule has 3 rings (SSSR count). The number of amides is 2. The van der Waals surface area contributed by atoms with Gasteiger partial charge in [-0.1, -0.05) is 24.3 Å². The predicted octanol–water partition coefficient (Wildman–Crippen LogP) is 2.79. The van der Waals surface area contributed by atoms with Crippen LogP contribution in [0.25, 0.3) is 0 Å². The van der Waals surface area contributed by atoms with Gasteiger partial charge in [0.2, 0.25) is 11.8 Å². The summed E-state index contributed by atoms with van der Waals surface area (Å²) in [7, 11) is 0. The Bertz CT molecular complexity index is 660. The zero-order chi connectivity index (χ0) is 19.4. The summed E-state index contributed by atoms with van der Waals surface area (Å²) >= 11 is 0. The molecule has 2 N–H and O–H groups in total. The quantitative estimate of drug-likeness (QED) is 0.827. The van der Waals surface area contributed by atoms with E-state index in [0.717, 1.165) is 31.4 Å². The number of nitrogens with one attached hydrogen (secondary N) is 2. The second kappa shape index (κ2) is 8.78. The Kier molecular flexibility index (Phi) is 6.42. The van der Waals surface area contributed by atoms with Crippen LogP contribution in [-0.4, -0.2) is 42.4 Å². The van der Waals surface area contributed by atoms with Crippen molar-refractivity contribution in [1.82, 2.24) is 15.5 Å². The molecule has 2 aliphatic rings. The largest absolute Gasteiger partial charge is 0.348 e. The number of hydrogen-bond donors (Lipinski definition) is 2. The average molecular weight is 379 g/mol. The maximum atomic E-state index is 12.8. The van der Waals surface area contributed by atoms with Gasteiger partial charge in [0.25, 0.3) is 6.43 Å². The number of alkyl halides is 2. The summed E-state index contributed by atoms with van der Waals surface area (Å²) in [5.41, 5.74) is 0.728. The summed E-state index contributed by atoms with van der Waals surface area (Å²) in [6.45, 7) is 4.05. The number of piperidine rings is 1. The van der Waals surface area contributed by atoms with E-state index in [2.05, 4.69) is 10.6 Å². The maximum Gasteiger partial charge on any atom is 0.263 e. The van der Waals surface area contributed by atoms with Crippen molar-refractivity contribution in [2.45, 2.75) is 51.1 Å². The van der Waals surface area contributed by atoms with Crippen LogP contribution in [0.15, 0.2) is 24.3 Å². The zero-order valence-corrected chi connectivity index (χ0v) is 15.6. The van der Waals surface area contributed by atoms with Crippen LogP contribution in [0.3, 0.4) is 0 Å². The molecule has 7 heteroatoms. The Hall–Kier alpha value is -2.02. The van der Waals surface area contributed by atoms with Gasteiger partial charge in [-0.3, -0.25) is 9.59 Å². The van der Waals surface area contributed by atoms with Crippen LogP contribution in [0.5, 0.6) is 0 Å². The van der Waals surface area contributed by atoms with E-state index in [1.54, 1.807) is 17.0 Å². The molecule has 0 aromatic heterocycles. The highest BCUT2D eigenvalue weighted by Gasteiger charge is 2.37. The molecule has 0 aliphatic carbocycles. The monoisotopic (exact) mass is 379 g/mol. The van der Waals surface area contributed by atoms with Crippen molar-refractivity contribution < 1.29 is 18.4 Å². The molecule has 2 aliphatic heterocycles. The molecule has 0 saturated carbocycles. The minimum absolute atomic E-state index is 0.0362. The van der Waals surface area contributed by atoms with Gasteiger partial charge in [-0.05, 0) is 44.7 Å². The standard InChI is InChI=1S/C20H27F2N3O2/c1-13(14-6-8-15(9-7-14)18(21)22)24-19(26)17-5-3-11-25(17)20(27)16-4-2-10-23-12-16/h6-9,13,16-18,23H,2-5,10-12H2,1H3,(H,24,26)/t13-,16+,17-/m1/s1. The first-order valence-corrected chi connectivity index (χ1v) is 9.67. The fraction of sp³-hybridized carbons (Fsp3) is 0.600. The number of hydrogen-bond acceptors (Lipinski definition) is 3. The van der Waals surface area contributed by atoms with Crippen molar-refractivity contribution in [3.8, 4) is 0 Å². The van der Waals surface area contributed by atoms with Crippen LogP contribution in [0, 0.1) is 5.92 Å². The third-order valence-corrected chi connectivity index (χ3v) is 5.53. The normalized spacial score (nSPS) is 24.1. The molecular formula is C20H27F2N3O2. The summed E-state index contributed by atoms with van der Waals surface area (Å²) in [5.74, 6) is -0.157. The Morgan fingerprint density at radius 3 is 2.48 bits per heavy atom. The molecule has 0 radical (unpaired) electrons. The summed E-state index contributed by atoms with van der Waals surface area (Å²) in [6, 6.07) is 5.23. The second-order valence-electron chi connectivity index (χ2n) is 7.43. The molecule has 27 heavy (non-hydrogen) atoms. The van der Waals surface area contributed by atoms with E-state index in [9.17, 15) is 18.4 Å². The second-order valence-corrected chi connectivity index (χ2v) is 7.43.